The number of aryl methyl sites for hydroxylation is 1. The molecule has 0 aromatic heterocycles. The van der Waals surface area contributed by atoms with Gasteiger partial charge in [-0.3, -0.25) is 4.79 Å². The molecule has 136 valence electrons. The molecule has 26 heavy (non-hydrogen) atoms. The molecule has 1 amide bonds. The topological polar surface area (TPSA) is 75.6 Å². The second kappa shape index (κ2) is 7.15. The van der Waals surface area contributed by atoms with Crippen LogP contribution in [0.15, 0.2) is 48.5 Å². The molecule has 0 heterocycles. The third kappa shape index (κ3) is 3.69. The van der Waals surface area contributed by atoms with Crippen LogP contribution in [-0.2, 0) is 21.6 Å². The van der Waals surface area contributed by atoms with Gasteiger partial charge >= 0.3 is 12.1 Å². The van der Waals surface area contributed by atoms with E-state index >= 15 is 0 Å². The molecule has 2 aromatic rings. The van der Waals surface area contributed by atoms with Gasteiger partial charge in [0, 0.05) is 6.04 Å². The van der Waals surface area contributed by atoms with Crippen LogP contribution in [0.5, 0.6) is 0 Å². The fourth-order valence-corrected chi connectivity index (χ4v) is 3.36. The van der Waals surface area contributed by atoms with Crippen LogP contribution in [-0.4, -0.2) is 23.2 Å². The third-order valence-corrected chi connectivity index (χ3v) is 4.73. The summed E-state index contributed by atoms with van der Waals surface area (Å²) in [6.07, 6.45) is -0.189. The van der Waals surface area contributed by atoms with Gasteiger partial charge in [-0.1, -0.05) is 36.4 Å². The highest BCUT2D eigenvalue weighted by molar-refractivity contribution is 5.83. The Morgan fingerprint density at radius 2 is 1.92 bits per heavy atom. The summed E-state index contributed by atoms with van der Waals surface area (Å²) in [6, 6.07) is 13.2. The number of carboxylic acid groups (broad SMARTS) is 1. The van der Waals surface area contributed by atoms with Crippen molar-refractivity contribution in [1.29, 1.82) is 0 Å². The maximum absolute atomic E-state index is 13.7. The number of halogens is 1. The molecule has 2 aromatic carbocycles. The minimum atomic E-state index is -1.18. The number of carboxylic acids is 1. The molecule has 2 N–H and O–H groups in total. The predicted octanol–water partition coefficient (Wildman–Crippen LogP) is 3.55. The maximum atomic E-state index is 13.7. The van der Waals surface area contributed by atoms with E-state index in [1.54, 1.807) is 13.0 Å². The summed E-state index contributed by atoms with van der Waals surface area (Å²) in [5.41, 5.74) is 0.786. The zero-order valence-corrected chi connectivity index (χ0v) is 14.4. The molecule has 1 aliphatic rings. The molecule has 3 rings (SSSR count). The lowest BCUT2D eigenvalue weighted by Gasteiger charge is -2.44. The highest BCUT2D eigenvalue weighted by Gasteiger charge is 2.52. The maximum Gasteiger partial charge on any atom is 0.407 e. The molecule has 0 radical (unpaired) electrons. The SMILES string of the molecule is Cc1cc(F)cc(C2(C(=O)O)CC(NC(=O)OCc3ccccc3)C2)c1. The molecule has 0 bridgehead atoms. The van der Waals surface area contributed by atoms with E-state index in [2.05, 4.69) is 5.32 Å². The number of ether oxygens (including phenoxy) is 1. The lowest BCUT2D eigenvalue weighted by molar-refractivity contribution is -0.148. The Balaban J connectivity index is 1.60. The molecular weight excluding hydrogens is 337 g/mol. The van der Waals surface area contributed by atoms with Crippen LogP contribution < -0.4 is 5.32 Å². The Kier molecular flexibility index (Phi) is 4.93. The van der Waals surface area contributed by atoms with E-state index in [4.69, 9.17) is 4.74 Å². The van der Waals surface area contributed by atoms with E-state index in [0.717, 1.165) is 5.56 Å². The molecule has 6 heteroatoms. The second-order valence-corrected chi connectivity index (χ2v) is 6.72. The van der Waals surface area contributed by atoms with Crippen LogP contribution in [0.25, 0.3) is 0 Å². The van der Waals surface area contributed by atoms with Crippen molar-refractivity contribution < 1.29 is 23.8 Å². The van der Waals surface area contributed by atoms with Crippen molar-refractivity contribution in [3.8, 4) is 0 Å². The number of alkyl carbamates (subject to hydrolysis) is 1. The van der Waals surface area contributed by atoms with Gasteiger partial charge in [0.05, 0.1) is 5.41 Å². The van der Waals surface area contributed by atoms with Crippen molar-refractivity contribution in [2.24, 2.45) is 0 Å². The highest BCUT2D eigenvalue weighted by atomic mass is 19.1. The van der Waals surface area contributed by atoms with Crippen LogP contribution in [0.2, 0.25) is 0 Å². The van der Waals surface area contributed by atoms with Gasteiger partial charge in [0.2, 0.25) is 0 Å². The number of benzene rings is 2. The lowest BCUT2D eigenvalue weighted by Crippen LogP contribution is -2.57. The number of hydrogen-bond acceptors (Lipinski definition) is 3. The second-order valence-electron chi connectivity index (χ2n) is 6.72. The summed E-state index contributed by atoms with van der Waals surface area (Å²) in [6.45, 7) is 1.87. The summed E-state index contributed by atoms with van der Waals surface area (Å²) in [7, 11) is 0. The van der Waals surface area contributed by atoms with Gasteiger partial charge in [-0.2, -0.15) is 0 Å². The molecule has 1 fully saturated rings. The van der Waals surface area contributed by atoms with Gasteiger partial charge in [0.25, 0.3) is 0 Å². The highest BCUT2D eigenvalue weighted by Crippen LogP contribution is 2.44. The normalized spacial score (nSPS) is 21.5. The fourth-order valence-electron chi connectivity index (χ4n) is 3.36. The van der Waals surface area contributed by atoms with Crippen molar-refractivity contribution in [3.63, 3.8) is 0 Å². The van der Waals surface area contributed by atoms with Gasteiger partial charge in [-0.15, -0.1) is 0 Å². The minimum absolute atomic E-state index is 0.145. The number of carbonyl (C=O) groups excluding carboxylic acids is 1. The summed E-state index contributed by atoms with van der Waals surface area (Å²) in [5.74, 6) is -1.47. The first-order chi connectivity index (χ1) is 12.4. The van der Waals surface area contributed by atoms with Crippen molar-refractivity contribution in [1.82, 2.24) is 5.32 Å². The molecule has 0 unspecified atom stereocenters. The van der Waals surface area contributed by atoms with Crippen LogP contribution in [0.3, 0.4) is 0 Å². The van der Waals surface area contributed by atoms with Crippen LogP contribution >= 0.6 is 0 Å². The van der Waals surface area contributed by atoms with E-state index in [-0.39, 0.29) is 25.5 Å². The van der Waals surface area contributed by atoms with E-state index < -0.39 is 23.3 Å². The standard InChI is InChI=1S/C20H20FNO4/c1-13-7-15(9-16(21)8-13)20(18(23)24)10-17(11-20)22-19(25)26-12-14-5-3-2-4-6-14/h2-9,17H,10-12H2,1H3,(H,22,25)(H,23,24). The van der Waals surface area contributed by atoms with Crippen molar-refractivity contribution in [2.45, 2.75) is 37.8 Å². The van der Waals surface area contributed by atoms with Gasteiger partial charge in [-0.05, 0) is 48.6 Å². The lowest BCUT2D eigenvalue weighted by atomic mass is 9.61. The smallest absolute Gasteiger partial charge is 0.407 e. The predicted molar refractivity (Wildman–Crippen MR) is 93.2 cm³/mol. The average Bonchev–Trinajstić information content (AvgIpc) is 2.55. The van der Waals surface area contributed by atoms with E-state index in [0.29, 0.717) is 11.1 Å². The Hall–Kier alpha value is -2.89. The Morgan fingerprint density at radius 1 is 1.23 bits per heavy atom. The first-order valence-electron chi connectivity index (χ1n) is 8.37. The molecule has 0 aliphatic heterocycles. The first-order valence-corrected chi connectivity index (χ1v) is 8.37. The van der Waals surface area contributed by atoms with Crippen molar-refractivity contribution >= 4 is 12.1 Å². The summed E-state index contributed by atoms with van der Waals surface area (Å²) < 4.78 is 18.8. The minimum Gasteiger partial charge on any atom is -0.481 e. The van der Waals surface area contributed by atoms with Crippen molar-refractivity contribution in [2.75, 3.05) is 0 Å². The molecule has 0 saturated heterocycles. The number of carbonyl (C=O) groups is 2. The molecule has 5 nitrogen and oxygen atoms in total. The molecule has 0 atom stereocenters. The summed E-state index contributed by atoms with van der Waals surface area (Å²) in [5, 5.41) is 12.3. The van der Waals surface area contributed by atoms with Gasteiger partial charge in [0.1, 0.15) is 12.4 Å². The van der Waals surface area contributed by atoms with Crippen molar-refractivity contribution in [3.05, 3.63) is 71.0 Å². The van der Waals surface area contributed by atoms with Crippen LogP contribution in [0.1, 0.15) is 29.5 Å². The van der Waals surface area contributed by atoms with E-state index in [9.17, 15) is 19.1 Å². The van der Waals surface area contributed by atoms with E-state index in [1.807, 2.05) is 30.3 Å². The Labute approximate surface area is 150 Å². The average molecular weight is 357 g/mol. The number of nitrogens with one attached hydrogen (secondary N) is 1. The Morgan fingerprint density at radius 3 is 2.54 bits per heavy atom. The zero-order chi connectivity index (χ0) is 18.7. The molecule has 1 aliphatic carbocycles. The number of amides is 1. The number of aliphatic carboxylic acids is 1. The van der Waals surface area contributed by atoms with Crippen LogP contribution in [0, 0.1) is 12.7 Å². The first kappa shape index (κ1) is 17.9. The third-order valence-electron chi connectivity index (χ3n) is 4.73. The van der Waals surface area contributed by atoms with Gasteiger partial charge in [-0.25, -0.2) is 9.18 Å². The number of rotatable bonds is 5. The quantitative estimate of drug-likeness (QED) is 0.858. The Bertz CT molecular complexity index is 796. The fraction of sp³-hybridized carbons (Fsp3) is 0.300. The summed E-state index contributed by atoms with van der Waals surface area (Å²) >= 11 is 0. The molecule has 0 spiro atoms. The van der Waals surface area contributed by atoms with E-state index in [1.165, 1.54) is 12.1 Å². The largest absolute Gasteiger partial charge is 0.481 e. The molecular formula is C20H20FNO4. The van der Waals surface area contributed by atoms with Gasteiger partial charge in [0.15, 0.2) is 0 Å². The zero-order valence-electron chi connectivity index (χ0n) is 14.4. The summed E-state index contributed by atoms with van der Waals surface area (Å²) in [4.78, 5) is 23.7. The molecule has 1 saturated carbocycles. The van der Waals surface area contributed by atoms with Gasteiger partial charge < -0.3 is 15.2 Å². The number of hydrogen-bond donors (Lipinski definition) is 2. The monoisotopic (exact) mass is 357 g/mol. The van der Waals surface area contributed by atoms with Crippen LogP contribution in [0.4, 0.5) is 9.18 Å².